The number of hydrogen-bond donors (Lipinski definition) is 1. The van der Waals surface area contributed by atoms with Gasteiger partial charge in [0.2, 0.25) is 0 Å². The van der Waals surface area contributed by atoms with Crippen molar-refractivity contribution in [2.45, 2.75) is 39.7 Å². The third kappa shape index (κ3) is 2.68. The van der Waals surface area contributed by atoms with Gasteiger partial charge in [-0.25, -0.2) is 4.79 Å². The number of thiazole rings is 1. The van der Waals surface area contributed by atoms with Crippen molar-refractivity contribution < 1.29 is 9.90 Å². The molecule has 0 radical (unpaired) electrons. The van der Waals surface area contributed by atoms with Gasteiger partial charge in [-0.15, -0.1) is 0 Å². The number of carboxylic acid groups (broad SMARTS) is 1. The van der Waals surface area contributed by atoms with Gasteiger partial charge in [0.05, 0.1) is 0 Å². The van der Waals surface area contributed by atoms with Gasteiger partial charge >= 0.3 is 10.8 Å². The third-order valence-corrected chi connectivity index (χ3v) is 3.39. The molecule has 0 aromatic carbocycles. The number of aromatic carboxylic acids is 1. The summed E-state index contributed by atoms with van der Waals surface area (Å²) < 4.78 is 1.56. The second kappa shape index (κ2) is 5.11. The number of hydrogen-bond acceptors (Lipinski definition) is 3. The van der Waals surface area contributed by atoms with Crippen LogP contribution in [0.2, 0.25) is 0 Å². The first-order chi connectivity index (χ1) is 7.07. The van der Waals surface area contributed by atoms with Gasteiger partial charge in [0.15, 0.2) is 0 Å². The maximum atomic E-state index is 11.5. The average molecular weight is 229 g/mol. The van der Waals surface area contributed by atoms with E-state index in [1.807, 2.05) is 0 Å². The Morgan fingerprint density at radius 3 is 2.60 bits per heavy atom. The molecular formula is C10H15NO3S. The number of nitrogens with zero attached hydrogens (tertiary/aromatic N) is 1. The maximum absolute atomic E-state index is 11.5. The molecule has 0 fully saturated rings. The highest BCUT2D eigenvalue weighted by Crippen LogP contribution is 2.12. The number of unbranched alkanes of at least 4 members (excludes halogenated alkanes) is 2. The monoisotopic (exact) mass is 229 g/mol. The third-order valence-electron chi connectivity index (χ3n) is 2.32. The number of carboxylic acids is 1. The van der Waals surface area contributed by atoms with E-state index < -0.39 is 5.97 Å². The van der Waals surface area contributed by atoms with Crippen LogP contribution in [-0.2, 0) is 6.54 Å². The Hall–Kier alpha value is -1.10. The van der Waals surface area contributed by atoms with E-state index in [1.54, 1.807) is 11.5 Å². The average Bonchev–Trinajstić information content (AvgIpc) is 2.45. The van der Waals surface area contributed by atoms with E-state index in [-0.39, 0.29) is 9.75 Å². The normalized spacial score (nSPS) is 10.5. The second-order valence-electron chi connectivity index (χ2n) is 3.45. The highest BCUT2D eigenvalue weighted by molar-refractivity contribution is 7.11. The summed E-state index contributed by atoms with van der Waals surface area (Å²) in [5.74, 6) is -1.01. The Morgan fingerprint density at radius 2 is 2.13 bits per heavy atom. The Balaban J connectivity index is 2.88. The predicted octanol–water partition coefficient (Wildman–Crippen LogP) is 2.11. The summed E-state index contributed by atoms with van der Waals surface area (Å²) in [7, 11) is 0. The molecule has 0 bridgehead atoms. The van der Waals surface area contributed by atoms with Crippen LogP contribution in [0.5, 0.6) is 0 Å². The lowest BCUT2D eigenvalue weighted by Gasteiger charge is -2.03. The van der Waals surface area contributed by atoms with Crippen molar-refractivity contribution in [1.82, 2.24) is 4.57 Å². The fourth-order valence-electron chi connectivity index (χ4n) is 1.45. The first-order valence-electron chi connectivity index (χ1n) is 5.01. The Morgan fingerprint density at radius 1 is 1.47 bits per heavy atom. The van der Waals surface area contributed by atoms with Gasteiger partial charge in [0, 0.05) is 12.2 Å². The van der Waals surface area contributed by atoms with Crippen molar-refractivity contribution in [3.05, 3.63) is 20.2 Å². The fraction of sp³-hybridized carbons (Fsp3) is 0.600. The zero-order valence-corrected chi connectivity index (χ0v) is 9.76. The standard InChI is InChI=1S/C10H15NO3S/c1-3-4-5-6-11-7(2)8(9(12)13)15-10(11)14/h3-6H2,1-2H3,(H,12,13). The Bertz CT molecular complexity index is 405. The van der Waals surface area contributed by atoms with Crippen LogP contribution in [0, 0.1) is 6.92 Å². The topological polar surface area (TPSA) is 59.3 Å². The summed E-state index contributed by atoms with van der Waals surface area (Å²) >= 11 is 0.815. The summed E-state index contributed by atoms with van der Waals surface area (Å²) in [6.07, 6.45) is 3.07. The zero-order chi connectivity index (χ0) is 11.4. The van der Waals surface area contributed by atoms with E-state index in [9.17, 15) is 9.59 Å². The quantitative estimate of drug-likeness (QED) is 0.787. The lowest BCUT2D eigenvalue weighted by atomic mass is 10.2. The van der Waals surface area contributed by atoms with E-state index >= 15 is 0 Å². The molecule has 1 aromatic rings. The van der Waals surface area contributed by atoms with Crippen LogP contribution in [0.3, 0.4) is 0 Å². The first-order valence-corrected chi connectivity index (χ1v) is 5.83. The largest absolute Gasteiger partial charge is 0.477 e. The van der Waals surface area contributed by atoms with Crippen molar-refractivity contribution >= 4 is 17.3 Å². The lowest BCUT2D eigenvalue weighted by Crippen LogP contribution is -2.14. The molecule has 0 aliphatic carbocycles. The van der Waals surface area contributed by atoms with Gasteiger partial charge in [-0.05, 0) is 13.3 Å². The van der Waals surface area contributed by atoms with Crippen molar-refractivity contribution in [1.29, 1.82) is 0 Å². The molecule has 0 aliphatic rings. The molecular weight excluding hydrogens is 214 g/mol. The molecule has 1 aromatic heterocycles. The van der Waals surface area contributed by atoms with Crippen LogP contribution in [-0.4, -0.2) is 15.6 Å². The van der Waals surface area contributed by atoms with Gasteiger partial charge in [0.1, 0.15) is 4.88 Å². The van der Waals surface area contributed by atoms with E-state index in [0.717, 1.165) is 30.6 Å². The minimum atomic E-state index is -1.01. The van der Waals surface area contributed by atoms with Crippen LogP contribution in [0.4, 0.5) is 0 Å². The Labute approximate surface area is 92.2 Å². The summed E-state index contributed by atoms with van der Waals surface area (Å²) in [6, 6.07) is 0. The Kier molecular flexibility index (Phi) is 4.08. The molecule has 5 heteroatoms. The van der Waals surface area contributed by atoms with Gasteiger partial charge in [-0.3, -0.25) is 4.79 Å². The molecule has 1 heterocycles. The van der Waals surface area contributed by atoms with Crippen LogP contribution < -0.4 is 4.87 Å². The molecule has 84 valence electrons. The minimum absolute atomic E-state index is 0.163. The predicted molar refractivity (Wildman–Crippen MR) is 59.8 cm³/mol. The van der Waals surface area contributed by atoms with E-state index in [4.69, 9.17) is 5.11 Å². The minimum Gasteiger partial charge on any atom is -0.477 e. The first kappa shape index (κ1) is 12.0. The maximum Gasteiger partial charge on any atom is 0.347 e. The van der Waals surface area contributed by atoms with E-state index in [0.29, 0.717) is 12.2 Å². The molecule has 0 saturated carbocycles. The smallest absolute Gasteiger partial charge is 0.347 e. The van der Waals surface area contributed by atoms with Crippen LogP contribution in [0.25, 0.3) is 0 Å². The molecule has 0 amide bonds. The van der Waals surface area contributed by atoms with Gasteiger partial charge in [-0.1, -0.05) is 31.1 Å². The van der Waals surface area contributed by atoms with E-state index in [1.165, 1.54) is 0 Å². The molecule has 0 unspecified atom stereocenters. The van der Waals surface area contributed by atoms with Crippen molar-refractivity contribution in [2.75, 3.05) is 0 Å². The molecule has 0 spiro atoms. The van der Waals surface area contributed by atoms with Crippen molar-refractivity contribution in [3.63, 3.8) is 0 Å². The van der Waals surface area contributed by atoms with Gasteiger partial charge < -0.3 is 9.67 Å². The molecule has 1 rings (SSSR count). The number of carbonyl (C=O) groups is 1. The van der Waals surface area contributed by atoms with E-state index in [2.05, 4.69) is 6.92 Å². The second-order valence-corrected chi connectivity index (χ2v) is 4.41. The van der Waals surface area contributed by atoms with Crippen LogP contribution >= 0.6 is 11.3 Å². The van der Waals surface area contributed by atoms with Crippen LogP contribution in [0.15, 0.2) is 4.79 Å². The summed E-state index contributed by atoms with van der Waals surface area (Å²) in [6.45, 7) is 4.40. The number of rotatable bonds is 5. The molecule has 15 heavy (non-hydrogen) atoms. The summed E-state index contributed by atoms with van der Waals surface area (Å²) in [5, 5.41) is 8.83. The molecule has 4 nitrogen and oxygen atoms in total. The highest BCUT2D eigenvalue weighted by Gasteiger charge is 2.15. The SMILES string of the molecule is CCCCCn1c(C)c(C(=O)O)sc1=O. The van der Waals surface area contributed by atoms with Gasteiger partial charge in [-0.2, -0.15) is 0 Å². The van der Waals surface area contributed by atoms with Crippen molar-refractivity contribution in [2.24, 2.45) is 0 Å². The van der Waals surface area contributed by atoms with Crippen LogP contribution in [0.1, 0.15) is 41.6 Å². The van der Waals surface area contributed by atoms with Gasteiger partial charge in [0.25, 0.3) is 0 Å². The fourth-order valence-corrected chi connectivity index (χ4v) is 2.31. The lowest BCUT2D eigenvalue weighted by molar-refractivity contribution is 0.0700. The van der Waals surface area contributed by atoms with Crippen molar-refractivity contribution in [3.8, 4) is 0 Å². The highest BCUT2D eigenvalue weighted by atomic mass is 32.1. The molecule has 0 saturated heterocycles. The molecule has 1 N–H and O–H groups in total. The zero-order valence-electron chi connectivity index (χ0n) is 8.95. The summed E-state index contributed by atoms with van der Waals surface area (Å²) in [5.41, 5.74) is 0.577. The number of aromatic nitrogens is 1. The molecule has 0 atom stereocenters. The molecule has 0 aliphatic heterocycles. The summed E-state index contributed by atoms with van der Waals surface area (Å²) in [4.78, 5) is 22.3.